The lowest BCUT2D eigenvalue weighted by molar-refractivity contribution is -0.0942. The Hall–Kier alpha value is -0.910. The summed E-state index contributed by atoms with van der Waals surface area (Å²) in [7, 11) is 2.17. The number of carbonyl (C=O) groups is 1. The Kier molecular flexibility index (Phi) is 3.78. The number of nitrogens with zero attached hydrogens (tertiary/aromatic N) is 1. The molecule has 5 heteroatoms. The van der Waals surface area contributed by atoms with Gasteiger partial charge in [0, 0.05) is 29.9 Å². The van der Waals surface area contributed by atoms with Gasteiger partial charge in [0.05, 0.1) is 17.1 Å². The molecule has 1 N–H and O–H groups in total. The van der Waals surface area contributed by atoms with E-state index in [1.165, 1.54) is 16.9 Å². The lowest BCUT2D eigenvalue weighted by atomic mass is 9.78. The minimum absolute atomic E-state index is 0.0172. The molecule has 0 aromatic carbocycles. The van der Waals surface area contributed by atoms with E-state index >= 15 is 0 Å². The molecule has 3 heterocycles. The zero-order valence-corrected chi connectivity index (χ0v) is 14.9. The maximum absolute atomic E-state index is 12.6. The maximum atomic E-state index is 12.6. The lowest BCUT2D eigenvalue weighted by Gasteiger charge is -2.43. The van der Waals surface area contributed by atoms with Crippen molar-refractivity contribution in [1.29, 1.82) is 0 Å². The highest BCUT2D eigenvalue weighted by molar-refractivity contribution is 7.14. The molecular formula is C18H26N2O2S. The van der Waals surface area contributed by atoms with E-state index in [1.54, 1.807) is 11.3 Å². The molecule has 0 radical (unpaired) electrons. The zero-order chi connectivity index (χ0) is 16.1. The van der Waals surface area contributed by atoms with E-state index < -0.39 is 0 Å². The third-order valence-electron chi connectivity index (χ3n) is 5.90. The molecule has 1 aromatic rings. The SMILES string of the molecule is CN1CCC2(CC1)OCCc1sc(C(=O)NC3(C)CCC3)cc12. The van der Waals surface area contributed by atoms with Gasteiger partial charge in [-0.15, -0.1) is 11.3 Å². The van der Waals surface area contributed by atoms with Crippen molar-refractivity contribution in [2.45, 2.75) is 56.6 Å². The zero-order valence-electron chi connectivity index (χ0n) is 14.1. The van der Waals surface area contributed by atoms with Crippen LogP contribution in [0.25, 0.3) is 0 Å². The second-order valence-electron chi connectivity index (χ2n) is 7.71. The van der Waals surface area contributed by atoms with Crippen LogP contribution in [-0.4, -0.2) is 43.1 Å². The number of likely N-dealkylation sites (tertiary alicyclic amines) is 1. The molecule has 0 bridgehead atoms. The molecule has 2 aliphatic heterocycles. The molecule has 23 heavy (non-hydrogen) atoms. The predicted octanol–water partition coefficient (Wildman–Crippen LogP) is 2.91. The first-order chi connectivity index (χ1) is 11.0. The molecule has 1 saturated carbocycles. The van der Waals surface area contributed by atoms with E-state index in [0.717, 1.165) is 56.7 Å². The summed E-state index contributed by atoms with van der Waals surface area (Å²) in [6.45, 7) is 5.07. The quantitative estimate of drug-likeness (QED) is 0.904. The van der Waals surface area contributed by atoms with Crippen molar-refractivity contribution < 1.29 is 9.53 Å². The van der Waals surface area contributed by atoms with Crippen LogP contribution in [0.4, 0.5) is 0 Å². The molecule has 1 spiro atoms. The first-order valence-electron chi connectivity index (χ1n) is 8.78. The Bertz CT molecular complexity index is 613. The normalized spacial score (nSPS) is 25.7. The molecule has 1 aliphatic carbocycles. The van der Waals surface area contributed by atoms with Gasteiger partial charge in [0.25, 0.3) is 5.91 Å². The fraction of sp³-hybridized carbons (Fsp3) is 0.722. The predicted molar refractivity (Wildman–Crippen MR) is 92.1 cm³/mol. The minimum atomic E-state index is -0.143. The number of thiophene rings is 1. The highest BCUT2D eigenvalue weighted by atomic mass is 32.1. The Morgan fingerprint density at radius 3 is 2.70 bits per heavy atom. The van der Waals surface area contributed by atoms with E-state index in [4.69, 9.17) is 4.74 Å². The van der Waals surface area contributed by atoms with Crippen LogP contribution in [0.3, 0.4) is 0 Å². The number of hydrogen-bond acceptors (Lipinski definition) is 4. The summed E-state index contributed by atoms with van der Waals surface area (Å²) in [6.07, 6.45) is 6.44. The van der Waals surface area contributed by atoms with Gasteiger partial charge in [-0.25, -0.2) is 0 Å². The van der Waals surface area contributed by atoms with E-state index in [0.29, 0.717) is 0 Å². The largest absolute Gasteiger partial charge is 0.370 e. The Morgan fingerprint density at radius 2 is 2.04 bits per heavy atom. The number of nitrogens with one attached hydrogen (secondary N) is 1. The highest BCUT2D eigenvalue weighted by Gasteiger charge is 2.42. The standard InChI is InChI=1S/C18H26N2O2S/c1-17(5-3-6-17)19-16(21)15-12-13-14(23-15)4-11-22-18(13)7-9-20(2)10-8-18/h12H,3-11H2,1-2H3,(H,19,21). The average molecular weight is 334 g/mol. The molecule has 0 atom stereocenters. The van der Waals surface area contributed by atoms with E-state index in [9.17, 15) is 4.79 Å². The van der Waals surface area contributed by atoms with Crippen LogP contribution in [0.1, 0.15) is 59.1 Å². The maximum Gasteiger partial charge on any atom is 0.261 e. The van der Waals surface area contributed by atoms with Gasteiger partial charge in [-0.1, -0.05) is 0 Å². The van der Waals surface area contributed by atoms with Gasteiger partial charge < -0.3 is 15.0 Å². The van der Waals surface area contributed by atoms with Crippen molar-refractivity contribution in [3.63, 3.8) is 0 Å². The van der Waals surface area contributed by atoms with Gasteiger partial charge in [0.15, 0.2) is 0 Å². The van der Waals surface area contributed by atoms with Crippen LogP contribution in [0.2, 0.25) is 0 Å². The highest BCUT2D eigenvalue weighted by Crippen LogP contribution is 2.44. The van der Waals surface area contributed by atoms with Gasteiger partial charge in [-0.05, 0) is 57.7 Å². The van der Waals surface area contributed by atoms with Gasteiger partial charge in [0.1, 0.15) is 0 Å². The molecule has 1 saturated heterocycles. The van der Waals surface area contributed by atoms with E-state index in [1.807, 2.05) is 0 Å². The number of amides is 1. The number of carbonyl (C=O) groups excluding carboxylic acids is 1. The summed E-state index contributed by atoms with van der Waals surface area (Å²) in [4.78, 5) is 17.2. The number of piperidine rings is 1. The smallest absolute Gasteiger partial charge is 0.261 e. The molecule has 2 fully saturated rings. The van der Waals surface area contributed by atoms with Crippen molar-refractivity contribution in [2.75, 3.05) is 26.7 Å². The first-order valence-corrected chi connectivity index (χ1v) is 9.60. The summed E-state index contributed by atoms with van der Waals surface area (Å²) in [5, 5.41) is 3.24. The first kappa shape index (κ1) is 15.6. The second kappa shape index (κ2) is 5.57. The molecule has 3 aliphatic rings. The minimum Gasteiger partial charge on any atom is -0.370 e. The Labute approximate surface area is 142 Å². The van der Waals surface area contributed by atoms with Crippen LogP contribution < -0.4 is 5.32 Å². The summed E-state index contributed by atoms with van der Waals surface area (Å²) in [6, 6.07) is 2.13. The third kappa shape index (κ3) is 2.73. The Balaban J connectivity index is 1.58. The summed E-state index contributed by atoms with van der Waals surface area (Å²) < 4.78 is 6.26. The second-order valence-corrected chi connectivity index (χ2v) is 8.85. The van der Waals surface area contributed by atoms with Crippen LogP contribution in [0, 0.1) is 0 Å². The number of fused-ring (bicyclic) bond motifs is 2. The number of rotatable bonds is 2. The molecule has 1 amide bonds. The summed E-state index contributed by atoms with van der Waals surface area (Å²) in [5.41, 5.74) is 1.17. The van der Waals surface area contributed by atoms with Gasteiger partial charge in [0.2, 0.25) is 0 Å². The van der Waals surface area contributed by atoms with Crippen LogP contribution in [0.15, 0.2) is 6.07 Å². The molecular weight excluding hydrogens is 308 g/mol. The third-order valence-corrected chi connectivity index (χ3v) is 7.09. The number of ether oxygens (including phenoxy) is 1. The van der Waals surface area contributed by atoms with E-state index in [2.05, 4.69) is 30.3 Å². The van der Waals surface area contributed by atoms with Crippen molar-refractivity contribution in [1.82, 2.24) is 10.2 Å². The van der Waals surface area contributed by atoms with Crippen LogP contribution in [-0.2, 0) is 16.8 Å². The molecule has 126 valence electrons. The van der Waals surface area contributed by atoms with Crippen molar-refractivity contribution in [3.8, 4) is 0 Å². The van der Waals surface area contributed by atoms with Crippen molar-refractivity contribution in [2.24, 2.45) is 0 Å². The Morgan fingerprint density at radius 1 is 1.30 bits per heavy atom. The molecule has 4 nitrogen and oxygen atoms in total. The number of hydrogen-bond donors (Lipinski definition) is 1. The topological polar surface area (TPSA) is 41.6 Å². The average Bonchev–Trinajstić information content (AvgIpc) is 2.95. The molecule has 0 unspecified atom stereocenters. The monoisotopic (exact) mass is 334 g/mol. The summed E-state index contributed by atoms with van der Waals surface area (Å²) in [5.74, 6) is 0.106. The van der Waals surface area contributed by atoms with Gasteiger partial charge in [-0.3, -0.25) is 4.79 Å². The fourth-order valence-electron chi connectivity index (χ4n) is 4.09. The molecule has 1 aromatic heterocycles. The van der Waals surface area contributed by atoms with E-state index in [-0.39, 0.29) is 17.0 Å². The molecule has 4 rings (SSSR count). The van der Waals surface area contributed by atoms with Crippen molar-refractivity contribution >= 4 is 17.2 Å². The van der Waals surface area contributed by atoms with Crippen LogP contribution >= 0.6 is 11.3 Å². The van der Waals surface area contributed by atoms with Gasteiger partial charge in [-0.2, -0.15) is 0 Å². The van der Waals surface area contributed by atoms with Gasteiger partial charge >= 0.3 is 0 Å². The van der Waals surface area contributed by atoms with Crippen LogP contribution in [0.5, 0.6) is 0 Å². The summed E-state index contributed by atoms with van der Waals surface area (Å²) >= 11 is 1.68. The fourth-order valence-corrected chi connectivity index (χ4v) is 5.22. The van der Waals surface area contributed by atoms with Crippen molar-refractivity contribution in [3.05, 3.63) is 21.4 Å². The lowest BCUT2D eigenvalue weighted by Crippen LogP contribution is -2.50.